The number of hydrogen-bond acceptors (Lipinski definition) is 8. The van der Waals surface area contributed by atoms with Gasteiger partial charge in [0.25, 0.3) is 5.91 Å². The number of pyridine rings is 1. The first kappa shape index (κ1) is 21.4. The van der Waals surface area contributed by atoms with Gasteiger partial charge in [0.15, 0.2) is 0 Å². The van der Waals surface area contributed by atoms with Gasteiger partial charge in [0.05, 0.1) is 19.8 Å². The van der Waals surface area contributed by atoms with E-state index in [1.54, 1.807) is 38.6 Å². The van der Waals surface area contributed by atoms with Crippen molar-refractivity contribution < 1.29 is 19.0 Å². The molecule has 168 valence electrons. The van der Waals surface area contributed by atoms with Gasteiger partial charge in [0.1, 0.15) is 29.7 Å². The minimum atomic E-state index is -0.280. The Morgan fingerprint density at radius 1 is 1.09 bits per heavy atom. The molecule has 10 nitrogen and oxygen atoms in total. The van der Waals surface area contributed by atoms with Crippen LogP contribution >= 0.6 is 0 Å². The molecule has 1 fully saturated rings. The van der Waals surface area contributed by atoms with E-state index in [9.17, 15) is 4.79 Å². The molecular weight excluding hydrogens is 412 g/mol. The van der Waals surface area contributed by atoms with E-state index in [-0.39, 0.29) is 12.5 Å². The van der Waals surface area contributed by atoms with Gasteiger partial charge >= 0.3 is 0 Å². The first-order valence-electron chi connectivity index (χ1n) is 10.3. The van der Waals surface area contributed by atoms with Crippen molar-refractivity contribution in [3.63, 3.8) is 0 Å². The van der Waals surface area contributed by atoms with Gasteiger partial charge in [-0.3, -0.25) is 9.89 Å². The van der Waals surface area contributed by atoms with Crippen LogP contribution in [0.2, 0.25) is 0 Å². The lowest BCUT2D eigenvalue weighted by Gasteiger charge is -2.28. The molecule has 0 radical (unpaired) electrons. The SMILES string of the molecule is COc1cc(COc2cc(NC(=O)c3ccc(N4CCNCC4)nc3)[nH]n2)cc(OC)c1. The van der Waals surface area contributed by atoms with Crippen LogP contribution in [0.5, 0.6) is 17.4 Å². The summed E-state index contributed by atoms with van der Waals surface area (Å²) < 4.78 is 16.2. The minimum Gasteiger partial charge on any atom is -0.497 e. The number of anilines is 2. The number of amides is 1. The van der Waals surface area contributed by atoms with Crippen molar-refractivity contribution in [1.29, 1.82) is 0 Å². The fraction of sp³-hybridized carbons (Fsp3) is 0.318. The number of piperazine rings is 1. The number of carbonyl (C=O) groups is 1. The first-order valence-corrected chi connectivity index (χ1v) is 10.3. The highest BCUT2D eigenvalue weighted by atomic mass is 16.5. The Morgan fingerprint density at radius 2 is 1.84 bits per heavy atom. The van der Waals surface area contributed by atoms with Gasteiger partial charge in [-0.25, -0.2) is 4.98 Å². The van der Waals surface area contributed by atoms with Gasteiger partial charge in [0.2, 0.25) is 5.88 Å². The molecule has 0 unspecified atom stereocenters. The third-order valence-electron chi connectivity index (χ3n) is 5.05. The minimum absolute atomic E-state index is 0.267. The molecule has 1 amide bonds. The molecule has 0 saturated carbocycles. The van der Waals surface area contributed by atoms with Crippen LogP contribution in [0.1, 0.15) is 15.9 Å². The Balaban J connectivity index is 1.33. The number of aromatic amines is 1. The van der Waals surface area contributed by atoms with Crippen molar-refractivity contribution in [2.24, 2.45) is 0 Å². The average Bonchev–Trinajstić information content (AvgIpc) is 3.30. The maximum atomic E-state index is 12.5. The molecule has 0 bridgehead atoms. The third-order valence-corrected chi connectivity index (χ3v) is 5.05. The second-order valence-corrected chi connectivity index (χ2v) is 7.23. The van der Waals surface area contributed by atoms with Gasteiger partial charge in [-0.15, -0.1) is 5.10 Å². The Morgan fingerprint density at radius 3 is 2.50 bits per heavy atom. The number of aromatic nitrogens is 3. The standard InChI is InChI=1S/C22H26N6O4/c1-30-17-9-15(10-18(11-17)31-2)14-32-21-12-19(26-27-21)25-22(29)16-3-4-20(24-13-16)28-7-5-23-6-8-28/h3-4,9-13,23H,5-8,14H2,1-2H3,(H2,25,26,27,29). The lowest BCUT2D eigenvalue weighted by atomic mass is 10.2. The molecule has 1 aliphatic rings. The summed E-state index contributed by atoms with van der Waals surface area (Å²) in [5.74, 6) is 2.73. The Labute approximate surface area is 185 Å². The molecule has 3 aromatic rings. The molecule has 2 aromatic heterocycles. The van der Waals surface area contributed by atoms with Crippen molar-refractivity contribution in [2.75, 3.05) is 50.6 Å². The molecule has 4 rings (SSSR count). The summed E-state index contributed by atoms with van der Waals surface area (Å²) in [4.78, 5) is 19.2. The van der Waals surface area contributed by atoms with Crippen LogP contribution in [0, 0.1) is 0 Å². The molecule has 3 N–H and O–H groups in total. The van der Waals surface area contributed by atoms with E-state index in [1.165, 1.54) is 0 Å². The molecule has 0 aliphatic carbocycles. The van der Waals surface area contributed by atoms with Crippen LogP contribution in [-0.4, -0.2) is 61.5 Å². The lowest BCUT2D eigenvalue weighted by molar-refractivity contribution is 0.102. The maximum absolute atomic E-state index is 12.5. The molecule has 1 saturated heterocycles. The zero-order valence-electron chi connectivity index (χ0n) is 18.1. The average molecular weight is 438 g/mol. The smallest absolute Gasteiger partial charge is 0.258 e. The topological polar surface area (TPSA) is 114 Å². The normalized spacial score (nSPS) is 13.5. The summed E-state index contributed by atoms with van der Waals surface area (Å²) in [5, 5.41) is 12.9. The predicted octanol–water partition coefficient (Wildman–Crippen LogP) is 2.06. The van der Waals surface area contributed by atoms with Gasteiger partial charge in [-0.2, -0.15) is 0 Å². The number of H-pyrrole nitrogens is 1. The first-order chi connectivity index (χ1) is 15.6. The lowest BCUT2D eigenvalue weighted by Crippen LogP contribution is -2.43. The van der Waals surface area contributed by atoms with Crippen molar-refractivity contribution in [2.45, 2.75) is 6.61 Å². The van der Waals surface area contributed by atoms with Crippen LogP contribution in [0.15, 0.2) is 42.6 Å². The Hall–Kier alpha value is -3.79. The summed E-state index contributed by atoms with van der Waals surface area (Å²) in [7, 11) is 3.19. The van der Waals surface area contributed by atoms with E-state index in [0.717, 1.165) is 37.6 Å². The maximum Gasteiger partial charge on any atom is 0.258 e. The third kappa shape index (κ3) is 5.27. The highest BCUT2D eigenvalue weighted by molar-refractivity contribution is 6.03. The monoisotopic (exact) mass is 438 g/mol. The molecule has 0 spiro atoms. The number of carbonyl (C=O) groups excluding carboxylic acids is 1. The van der Waals surface area contributed by atoms with Gasteiger partial charge < -0.3 is 29.7 Å². The summed E-state index contributed by atoms with van der Waals surface area (Å²) in [6.45, 7) is 3.93. The van der Waals surface area contributed by atoms with E-state index >= 15 is 0 Å². The fourth-order valence-electron chi connectivity index (χ4n) is 3.34. The van der Waals surface area contributed by atoms with Gasteiger partial charge in [-0.05, 0) is 29.8 Å². The van der Waals surface area contributed by atoms with Crippen molar-refractivity contribution in [1.82, 2.24) is 20.5 Å². The van der Waals surface area contributed by atoms with Crippen molar-refractivity contribution >= 4 is 17.5 Å². The summed E-state index contributed by atoms with van der Waals surface area (Å²) in [5.41, 5.74) is 1.33. The number of nitrogens with zero attached hydrogens (tertiary/aromatic N) is 3. The molecule has 10 heteroatoms. The highest BCUT2D eigenvalue weighted by Crippen LogP contribution is 2.24. The number of rotatable bonds is 8. The van der Waals surface area contributed by atoms with Crippen LogP contribution in [0.3, 0.4) is 0 Å². The summed E-state index contributed by atoms with van der Waals surface area (Å²) in [6.07, 6.45) is 1.58. The second-order valence-electron chi connectivity index (χ2n) is 7.23. The Bertz CT molecular complexity index is 1020. The molecule has 0 atom stereocenters. The second kappa shape index (κ2) is 10.0. The zero-order valence-corrected chi connectivity index (χ0v) is 18.1. The highest BCUT2D eigenvalue weighted by Gasteiger charge is 2.14. The number of nitrogens with one attached hydrogen (secondary N) is 3. The number of benzene rings is 1. The van der Waals surface area contributed by atoms with Crippen LogP contribution in [0.4, 0.5) is 11.6 Å². The van der Waals surface area contributed by atoms with Crippen molar-refractivity contribution in [3.8, 4) is 17.4 Å². The van der Waals surface area contributed by atoms with Gasteiger partial charge in [0, 0.05) is 44.5 Å². The number of hydrogen-bond donors (Lipinski definition) is 3. The zero-order chi connectivity index (χ0) is 22.3. The summed E-state index contributed by atoms with van der Waals surface area (Å²) >= 11 is 0. The number of ether oxygens (including phenoxy) is 3. The van der Waals surface area contributed by atoms with Crippen molar-refractivity contribution in [3.05, 3.63) is 53.7 Å². The van der Waals surface area contributed by atoms with E-state index in [2.05, 4.69) is 30.7 Å². The quantitative estimate of drug-likeness (QED) is 0.490. The van der Waals surface area contributed by atoms with E-state index in [1.807, 2.05) is 18.2 Å². The van der Waals surface area contributed by atoms with E-state index in [4.69, 9.17) is 14.2 Å². The number of methoxy groups -OCH3 is 2. The molecule has 32 heavy (non-hydrogen) atoms. The van der Waals surface area contributed by atoms with E-state index < -0.39 is 0 Å². The summed E-state index contributed by atoms with van der Waals surface area (Å²) in [6, 6.07) is 10.8. The van der Waals surface area contributed by atoms with E-state index in [0.29, 0.717) is 28.8 Å². The van der Waals surface area contributed by atoms with Crippen LogP contribution in [-0.2, 0) is 6.61 Å². The van der Waals surface area contributed by atoms with Crippen LogP contribution < -0.4 is 29.7 Å². The van der Waals surface area contributed by atoms with Crippen LogP contribution in [0.25, 0.3) is 0 Å². The largest absolute Gasteiger partial charge is 0.497 e. The van der Waals surface area contributed by atoms with Gasteiger partial charge in [-0.1, -0.05) is 0 Å². The molecule has 3 heterocycles. The Kier molecular flexibility index (Phi) is 6.71. The predicted molar refractivity (Wildman–Crippen MR) is 120 cm³/mol. The molecule has 1 aliphatic heterocycles. The molecule has 1 aromatic carbocycles. The molecular formula is C22H26N6O4. The fourth-order valence-corrected chi connectivity index (χ4v) is 3.34.